The van der Waals surface area contributed by atoms with Crippen LogP contribution in [0.25, 0.3) is 0 Å². The molecule has 2 aliphatic rings. The number of piperidine rings is 1. The van der Waals surface area contributed by atoms with Gasteiger partial charge in [-0.1, -0.05) is 17.3 Å². The lowest BCUT2D eigenvalue weighted by atomic mass is 9.97. The zero-order valence-corrected chi connectivity index (χ0v) is 14.3. The predicted octanol–water partition coefficient (Wildman–Crippen LogP) is 2.31. The number of hydrogen-bond acceptors (Lipinski definition) is 6. The van der Waals surface area contributed by atoms with Crippen LogP contribution in [-0.2, 0) is 4.79 Å². The summed E-state index contributed by atoms with van der Waals surface area (Å²) in [6.07, 6.45) is 0.855. The Morgan fingerprint density at radius 1 is 1.24 bits per heavy atom. The number of para-hydroxylation sites is 2. The van der Waals surface area contributed by atoms with Crippen molar-refractivity contribution >= 4 is 5.91 Å². The molecule has 2 aliphatic heterocycles. The molecule has 0 N–H and O–H groups in total. The Labute approximate surface area is 145 Å². The van der Waals surface area contributed by atoms with E-state index in [1.54, 1.807) is 6.92 Å². The molecule has 4 rings (SSSR count). The molecule has 3 heterocycles. The number of aromatic nitrogens is 2. The Bertz CT molecular complexity index is 775. The first-order chi connectivity index (χ1) is 12.1. The van der Waals surface area contributed by atoms with Crippen LogP contribution in [0.4, 0.5) is 0 Å². The number of benzene rings is 1. The Kier molecular flexibility index (Phi) is 4.07. The second kappa shape index (κ2) is 6.38. The minimum atomic E-state index is -0.641. The quantitative estimate of drug-likeness (QED) is 0.833. The van der Waals surface area contributed by atoms with Gasteiger partial charge in [0.25, 0.3) is 5.91 Å². The molecule has 0 saturated carbocycles. The highest BCUT2D eigenvalue weighted by Gasteiger charge is 2.39. The lowest BCUT2D eigenvalue weighted by Gasteiger charge is -2.37. The van der Waals surface area contributed by atoms with Gasteiger partial charge in [-0.2, -0.15) is 4.98 Å². The van der Waals surface area contributed by atoms with Crippen molar-refractivity contribution in [3.05, 3.63) is 36.0 Å². The molecule has 3 atom stereocenters. The summed E-state index contributed by atoms with van der Waals surface area (Å²) < 4.78 is 17.1. The fraction of sp³-hybridized carbons (Fsp3) is 0.500. The molecule has 0 radical (unpaired) electrons. The monoisotopic (exact) mass is 343 g/mol. The third-order valence-corrected chi connectivity index (χ3v) is 4.71. The number of rotatable bonds is 2. The van der Waals surface area contributed by atoms with Crippen LogP contribution >= 0.6 is 0 Å². The summed E-state index contributed by atoms with van der Waals surface area (Å²) in [5, 5.41) is 3.85. The standard InChI is InChI=1S/C18H21N3O4/c1-11-16(24-15-8-4-3-7-14(15)23-11)18(22)21-9-5-6-13(10-21)17-19-12(2)20-25-17/h3-4,7-8,11,13,16H,5-6,9-10H2,1-2H3/t11-,13-,16-/m1/s1. The van der Waals surface area contributed by atoms with Crippen molar-refractivity contribution < 1.29 is 18.8 Å². The maximum atomic E-state index is 13.0. The molecule has 1 saturated heterocycles. The van der Waals surface area contributed by atoms with E-state index in [0.717, 1.165) is 12.8 Å². The van der Waals surface area contributed by atoms with Gasteiger partial charge in [0.2, 0.25) is 12.0 Å². The molecule has 0 unspecified atom stereocenters. The Morgan fingerprint density at radius 2 is 2.00 bits per heavy atom. The minimum Gasteiger partial charge on any atom is -0.482 e. The molecule has 132 valence electrons. The SMILES string of the molecule is Cc1noc([C@@H]2CCCN(C(=O)[C@@H]3Oc4ccccc4O[C@@H]3C)C2)n1. The lowest BCUT2D eigenvalue weighted by molar-refractivity contribution is -0.145. The second-order valence-corrected chi connectivity index (χ2v) is 6.61. The van der Waals surface area contributed by atoms with Crippen molar-refractivity contribution in [2.45, 2.75) is 44.8 Å². The highest BCUT2D eigenvalue weighted by atomic mass is 16.6. The molecule has 1 amide bonds. The summed E-state index contributed by atoms with van der Waals surface area (Å²) >= 11 is 0. The number of fused-ring (bicyclic) bond motifs is 1. The van der Waals surface area contributed by atoms with Gasteiger partial charge in [-0.25, -0.2) is 0 Å². The molecular weight excluding hydrogens is 322 g/mol. The molecule has 1 fully saturated rings. The van der Waals surface area contributed by atoms with E-state index in [9.17, 15) is 4.79 Å². The number of carbonyl (C=O) groups excluding carboxylic acids is 1. The van der Waals surface area contributed by atoms with Gasteiger partial charge < -0.3 is 18.9 Å². The molecule has 1 aromatic heterocycles. The average molecular weight is 343 g/mol. The maximum absolute atomic E-state index is 13.0. The predicted molar refractivity (Wildman–Crippen MR) is 88.5 cm³/mol. The molecule has 0 bridgehead atoms. The van der Waals surface area contributed by atoms with E-state index in [1.165, 1.54) is 0 Å². The van der Waals surface area contributed by atoms with Crippen LogP contribution in [0.3, 0.4) is 0 Å². The average Bonchev–Trinajstić information content (AvgIpc) is 3.07. The molecule has 2 aromatic rings. The van der Waals surface area contributed by atoms with Crippen LogP contribution in [-0.4, -0.2) is 46.2 Å². The first kappa shape index (κ1) is 15.9. The summed E-state index contributed by atoms with van der Waals surface area (Å²) in [7, 11) is 0. The van der Waals surface area contributed by atoms with Crippen LogP contribution in [0, 0.1) is 6.92 Å². The number of carbonyl (C=O) groups is 1. The zero-order chi connectivity index (χ0) is 17.4. The van der Waals surface area contributed by atoms with E-state index in [4.69, 9.17) is 14.0 Å². The van der Waals surface area contributed by atoms with Gasteiger partial charge in [-0.15, -0.1) is 0 Å². The van der Waals surface area contributed by atoms with Crippen LogP contribution in [0.2, 0.25) is 0 Å². The molecule has 0 aliphatic carbocycles. The lowest BCUT2D eigenvalue weighted by Crippen LogP contribution is -2.52. The third-order valence-electron chi connectivity index (χ3n) is 4.71. The van der Waals surface area contributed by atoms with Crippen molar-refractivity contribution in [2.24, 2.45) is 0 Å². The van der Waals surface area contributed by atoms with Gasteiger partial charge in [0.15, 0.2) is 17.3 Å². The summed E-state index contributed by atoms with van der Waals surface area (Å²) in [6, 6.07) is 7.43. The van der Waals surface area contributed by atoms with E-state index < -0.39 is 6.10 Å². The van der Waals surface area contributed by atoms with Gasteiger partial charge >= 0.3 is 0 Å². The Morgan fingerprint density at radius 3 is 2.72 bits per heavy atom. The largest absolute Gasteiger partial charge is 0.482 e. The topological polar surface area (TPSA) is 77.7 Å². The molecular formula is C18H21N3O4. The molecule has 0 spiro atoms. The molecule has 1 aromatic carbocycles. The van der Waals surface area contributed by atoms with E-state index in [-0.39, 0.29) is 17.9 Å². The van der Waals surface area contributed by atoms with Crippen molar-refractivity contribution in [1.29, 1.82) is 0 Å². The maximum Gasteiger partial charge on any atom is 0.267 e. The number of amides is 1. The minimum absolute atomic E-state index is 0.0528. The molecule has 25 heavy (non-hydrogen) atoms. The summed E-state index contributed by atoms with van der Waals surface area (Å²) in [6.45, 7) is 4.93. The first-order valence-corrected chi connectivity index (χ1v) is 8.63. The van der Waals surface area contributed by atoms with E-state index in [0.29, 0.717) is 36.3 Å². The summed E-state index contributed by atoms with van der Waals surface area (Å²) in [5.41, 5.74) is 0. The number of hydrogen-bond donors (Lipinski definition) is 0. The molecule has 7 nitrogen and oxygen atoms in total. The van der Waals surface area contributed by atoms with Gasteiger partial charge in [0.1, 0.15) is 6.10 Å². The van der Waals surface area contributed by atoms with Crippen LogP contribution in [0.15, 0.2) is 28.8 Å². The van der Waals surface area contributed by atoms with Crippen molar-refractivity contribution in [2.75, 3.05) is 13.1 Å². The number of ether oxygens (including phenoxy) is 2. The Hall–Kier alpha value is -2.57. The zero-order valence-electron chi connectivity index (χ0n) is 14.3. The van der Waals surface area contributed by atoms with E-state index >= 15 is 0 Å². The number of nitrogens with zero attached hydrogens (tertiary/aromatic N) is 3. The van der Waals surface area contributed by atoms with Crippen LogP contribution < -0.4 is 9.47 Å². The normalized spacial score (nSPS) is 25.7. The van der Waals surface area contributed by atoms with E-state index in [1.807, 2.05) is 36.1 Å². The van der Waals surface area contributed by atoms with Gasteiger partial charge in [-0.3, -0.25) is 4.79 Å². The third kappa shape index (κ3) is 3.06. The van der Waals surface area contributed by atoms with E-state index in [2.05, 4.69) is 10.1 Å². The summed E-state index contributed by atoms with van der Waals surface area (Å²) in [4.78, 5) is 19.1. The number of aryl methyl sites for hydroxylation is 1. The van der Waals surface area contributed by atoms with Gasteiger partial charge in [0.05, 0.1) is 5.92 Å². The van der Waals surface area contributed by atoms with Crippen LogP contribution in [0.1, 0.15) is 37.4 Å². The fourth-order valence-corrected chi connectivity index (χ4v) is 3.43. The molecule has 7 heteroatoms. The van der Waals surface area contributed by atoms with Crippen molar-refractivity contribution in [3.8, 4) is 11.5 Å². The van der Waals surface area contributed by atoms with Crippen molar-refractivity contribution in [3.63, 3.8) is 0 Å². The second-order valence-electron chi connectivity index (χ2n) is 6.61. The highest BCUT2D eigenvalue weighted by molar-refractivity contribution is 5.82. The van der Waals surface area contributed by atoms with Crippen LogP contribution in [0.5, 0.6) is 11.5 Å². The smallest absolute Gasteiger partial charge is 0.267 e. The first-order valence-electron chi connectivity index (χ1n) is 8.63. The highest BCUT2D eigenvalue weighted by Crippen LogP contribution is 2.34. The Balaban J connectivity index is 1.49. The number of likely N-dealkylation sites (tertiary alicyclic amines) is 1. The fourth-order valence-electron chi connectivity index (χ4n) is 3.43. The van der Waals surface area contributed by atoms with Gasteiger partial charge in [0, 0.05) is 13.1 Å². The van der Waals surface area contributed by atoms with Crippen molar-refractivity contribution in [1.82, 2.24) is 15.0 Å². The van der Waals surface area contributed by atoms with Gasteiger partial charge in [-0.05, 0) is 38.8 Å². The summed E-state index contributed by atoms with van der Waals surface area (Å²) in [5.74, 6) is 2.53.